The van der Waals surface area contributed by atoms with Crippen LogP contribution < -0.4 is 5.32 Å². The van der Waals surface area contributed by atoms with Crippen molar-refractivity contribution in [3.8, 4) is 0 Å². The highest BCUT2D eigenvalue weighted by molar-refractivity contribution is 7.99. The van der Waals surface area contributed by atoms with Crippen molar-refractivity contribution in [2.45, 2.75) is 37.6 Å². The fourth-order valence-electron chi connectivity index (χ4n) is 1.85. The van der Waals surface area contributed by atoms with Crippen LogP contribution in [0.1, 0.15) is 38.3 Å². The minimum absolute atomic E-state index is 0.234. The van der Waals surface area contributed by atoms with E-state index in [2.05, 4.69) is 43.4 Å². The predicted molar refractivity (Wildman–Crippen MR) is 75.6 cm³/mol. The fraction of sp³-hybridized carbons (Fsp3) is 0.571. The monoisotopic (exact) mass is 253 g/mol. The normalized spacial score (nSPS) is 12.6. The summed E-state index contributed by atoms with van der Waals surface area (Å²) in [6, 6.07) is 8.92. The Kier molecular flexibility index (Phi) is 7.33. The van der Waals surface area contributed by atoms with Crippen LogP contribution in [-0.2, 0) is 0 Å². The van der Waals surface area contributed by atoms with Gasteiger partial charge in [0.25, 0.3) is 0 Å². The highest BCUT2D eigenvalue weighted by atomic mass is 32.2. The van der Waals surface area contributed by atoms with Crippen molar-refractivity contribution >= 4 is 11.8 Å². The molecular weight excluding hydrogens is 230 g/mol. The first-order valence-corrected chi connectivity index (χ1v) is 7.38. The second kappa shape index (κ2) is 8.56. The summed E-state index contributed by atoms with van der Waals surface area (Å²) in [5, 5.41) is 12.5. The number of hydrogen-bond donors (Lipinski definition) is 2. The number of benzene rings is 1. The van der Waals surface area contributed by atoms with E-state index in [-0.39, 0.29) is 6.61 Å². The molecule has 0 fully saturated rings. The molecule has 0 saturated heterocycles. The molecule has 0 amide bonds. The van der Waals surface area contributed by atoms with Crippen LogP contribution in [0.3, 0.4) is 0 Å². The maximum absolute atomic E-state index is 8.92. The van der Waals surface area contributed by atoms with E-state index < -0.39 is 0 Å². The molecule has 1 rings (SSSR count). The van der Waals surface area contributed by atoms with Gasteiger partial charge in [0, 0.05) is 16.7 Å². The maximum atomic E-state index is 8.92. The molecule has 1 aromatic carbocycles. The SMILES string of the molecule is CCCNC(CC)c1ccccc1SCCO. The minimum atomic E-state index is 0.234. The third-order valence-electron chi connectivity index (χ3n) is 2.69. The van der Waals surface area contributed by atoms with Crippen molar-refractivity contribution in [2.75, 3.05) is 18.9 Å². The third kappa shape index (κ3) is 4.70. The largest absolute Gasteiger partial charge is 0.396 e. The van der Waals surface area contributed by atoms with Crippen LogP contribution in [0.25, 0.3) is 0 Å². The molecule has 17 heavy (non-hydrogen) atoms. The summed E-state index contributed by atoms with van der Waals surface area (Å²) in [4.78, 5) is 1.29. The lowest BCUT2D eigenvalue weighted by Gasteiger charge is -2.20. The van der Waals surface area contributed by atoms with Crippen molar-refractivity contribution in [1.82, 2.24) is 5.32 Å². The van der Waals surface area contributed by atoms with Crippen molar-refractivity contribution in [1.29, 1.82) is 0 Å². The molecule has 3 heteroatoms. The van der Waals surface area contributed by atoms with Gasteiger partial charge in [0.15, 0.2) is 0 Å². The Labute approximate surface area is 109 Å². The smallest absolute Gasteiger partial charge is 0.0525 e. The summed E-state index contributed by atoms with van der Waals surface area (Å²) in [5.74, 6) is 0.765. The number of aliphatic hydroxyl groups is 1. The van der Waals surface area contributed by atoms with Crippen LogP contribution in [0.5, 0.6) is 0 Å². The van der Waals surface area contributed by atoms with Crippen molar-refractivity contribution in [2.24, 2.45) is 0 Å². The van der Waals surface area contributed by atoms with Crippen LogP contribution in [0.2, 0.25) is 0 Å². The summed E-state index contributed by atoms with van der Waals surface area (Å²) in [6.07, 6.45) is 2.25. The lowest BCUT2D eigenvalue weighted by Crippen LogP contribution is -2.22. The molecule has 0 aliphatic heterocycles. The first kappa shape index (κ1) is 14.6. The number of thioether (sulfide) groups is 1. The van der Waals surface area contributed by atoms with Crippen LogP contribution in [-0.4, -0.2) is 24.0 Å². The Morgan fingerprint density at radius 3 is 2.71 bits per heavy atom. The second-order valence-corrected chi connectivity index (χ2v) is 5.16. The summed E-state index contributed by atoms with van der Waals surface area (Å²) in [7, 11) is 0. The number of nitrogens with one attached hydrogen (secondary N) is 1. The van der Waals surface area contributed by atoms with Crippen LogP contribution in [0.4, 0.5) is 0 Å². The van der Waals surface area contributed by atoms with Gasteiger partial charge in [-0.15, -0.1) is 11.8 Å². The lowest BCUT2D eigenvalue weighted by atomic mass is 10.0. The van der Waals surface area contributed by atoms with Gasteiger partial charge in [-0.3, -0.25) is 0 Å². The first-order chi connectivity index (χ1) is 8.33. The molecule has 96 valence electrons. The average Bonchev–Trinajstić information content (AvgIpc) is 2.38. The molecule has 0 aliphatic carbocycles. The lowest BCUT2D eigenvalue weighted by molar-refractivity contribution is 0.322. The number of rotatable bonds is 8. The predicted octanol–water partition coefficient (Wildman–Crippen LogP) is 3.22. The van der Waals surface area contributed by atoms with Crippen molar-refractivity contribution in [3.05, 3.63) is 29.8 Å². The molecule has 0 bridgehead atoms. The van der Waals surface area contributed by atoms with E-state index in [9.17, 15) is 0 Å². The zero-order chi connectivity index (χ0) is 12.5. The van der Waals surface area contributed by atoms with E-state index in [4.69, 9.17) is 5.11 Å². The molecule has 1 atom stereocenters. The van der Waals surface area contributed by atoms with Crippen molar-refractivity contribution in [3.63, 3.8) is 0 Å². The molecule has 0 spiro atoms. The molecule has 2 N–H and O–H groups in total. The minimum Gasteiger partial charge on any atom is -0.396 e. The highest BCUT2D eigenvalue weighted by Crippen LogP contribution is 2.28. The van der Waals surface area contributed by atoms with E-state index >= 15 is 0 Å². The zero-order valence-electron chi connectivity index (χ0n) is 10.8. The molecule has 1 unspecified atom stereocenters. The van der Waals surface area contributed by atoms with Gasteiger partial charge in [0.1, 0.15) is 0 Å². The summed E-state index contributed by atoms with van der Waals surface area (Å²) >= 11 is 1.73. The Hall–Kier alpha value is -0.510. The fourth-order valence-corrected chi connectivity index (χ4v) is 2.71. The van der Waals surface area contributed by atoms with Crippen molar-refractivity contribution < 1.29 is 5.11 Å². The Morgan fingerprint density at radius 1 is 1.29 bits per heavy atom. The summed E-state index contributed by atoms with van der Waals surface area (Å²) in [6.45, 7) is 5.68. The van der Waals surface area contributed by atoms with Gasteiger partial charge in [0.05, 0.1) is 6.61 Å². The van der Waals surface area contributed by atoms with Gasteiger partial charge in [-0.25, -0.2) is 0 Å². The Bertz CT molecular complexity index is 317. The zero-order valence-corrected chi connectivity index (χ0v) is 11.6. The van der Waals surface area contributed by atoms with Gasteiger partial charge in [-0.2, -0.15) is 0 Å². The van der Waals surface area contributed by atoms with Crippen LogP contribution in [0, 0.1) is 0 Å². The molecule has 0 saturated carbocycles. The van der Waals surface area contributed by atoms with Gasteiger partial charge >= 0.3 is 0 Å². The maximum Gasteiger partial charge on any atom is 0.0525 e. The first-order valence-electron chi connectivity index (χ1n) is 6.39. The highest BCUT2D eigenvalue weighted by Gasteiger charge is 2.12. The van der Waals surface area contributed by atoms with Gasteiger partial charge in [0.2, 0.25) is 0 Å². The van der Waals surface area contributed by atoms with Crippen LogP contribution in [0.15, 0.2) is 29.2 Å². The quantitative estimate of drug-likeness (QED) is 0.698. The van der Waals surface area contributed by atoms with Crippen LogP contribution >= 0.6 is 11.8 Å². The van der Waals surface area contributed by atoms with E-state index in [1.807, 2.05) is 0 Å². The van der Waals surface area contributed by atoms with E-state index in [0.717, 1.165) is 25.1 Å². The number of hydrogen-bond acceptors (Lipinski definition) is 3. The van der Waals surface area contributed by atoms with E-state index in [1.165, 1.54) is 10.5 Å². The molecular formula is C14H23NOS. The summed E-state index contributed by atoms with van der Waals surface area (Å²) in [5.41, 5.74) is 1.36. The Balaban J connectivity index is 2.77. The molecule has 0 aromatic heterocycles. The molecule has 0 aliphatic rings. The average molecular weight is 253 g/mol. The molecule has 0 radical (unpaired) electrons. The Morgan fingerprint density at radius 2 is 2.06 bits per heavy atom. The molecule has 2 nitrogen and oxygen atoms in total. The standard InChI is InChI=1S/C14H23NOS/c1-3-9-15-13(4-2)12-7-5-6-8-14(12)17-11-10-16/h5-8,13,15-16H,3-4,9-11H2,1-2H3. The second-order valence-electron chi connectivity index (χ2n) is 4.02. The topological polar surface area (TPSA) is 32.3 Å². The van der Waals surface area contributed by atoms with E-state index in [0.29, 0.717) is 6.04 Å². The van der Waals surface area contributed by atoms with Gasteiger partial charge in [-0.1, -0.05) is 32.0 Å². The third-order valence-corrected chi connectivity index (χ3v) is 3.76. The molecule has 1 aromatic rings. The molecule has 0 heterocycles. The summed E-state index contributed by atoms with van der Waals surface area (Å²) < 4.78 is 0. The number of aliphatic hydroxyl groups excluding tert-OH is 1. The van der Waals surface area contributed by atoms with Gasteiger partial charge in [-0.05, 0) is 31.0 Å². The van der Waals surface area contributed by atoms with Gasteiger partial charge < -0.3 is 10.4 Å². The van der Waals surface area contributed by atoms with E-state index in [1.54, 1.807) is 11.8 Å².